The van der Waals surface area contributed by atoms with Crippen LogP contribution in [0.3, 0.4) is 0 Å². The van der Waals surface area contributed by atoms with Gasteiger partial charge in [-0.25, -0.2) is 0 Å². The molecule has 0 spiro atoms. The summed E-state index contributed by atoms with van der Waals surface area (Å²) in [5, 5.41) is 0. The lowest BCUT2D eigenvalue weighted by Crippen LogP contribution is -2.22. The minimum absolute atomic E-state index is 0.0140. The summed E-state index contributed by atoms with van der Waals surface area (Å²) in [5.74, 6) is 1.29. The van der Waals surface area contributed by atoms with E-state index in [4.69, 9.17) is 9.47 Å². The summed E-state index contributed by atoms with van der Waals surface area (Å²) in [6, 6.07) is 0. The third kappa shape index (κ3) is 3.80. The topological polar surface area (TPSA) is 30.8 Å². The van der Waals surface area contributed by atoms with E-state index < -0.39 is 0 Å². The van der Waals surface area contributed by atoms with Crippen LogP contribution in [-0.4, -0.2) is 32.6 Å². The zero-order valence-electron chi connectivity index (χ0n) is 12.9. The standard InChI is InChI=1S/C16H25NO2/c1-7-13-14(11(2)3)8-9-15(16(13)17-5)19-12(4)10-18-6/h7-9,11-12H,10H2,1-6H3/b13-7-,17-16?. The van der Waals surface area contributed by atoms with Gasteiger partial charge in [0.05, 0.1) is 6.61 Å². The first-order valence-corrected chi connectivity index (χ1v) is 6.76. The average Bonchev–Trinajstić information content (AvgIpc) is 2.37. The van der Waals surface area contributed by atoms with Crippen molar-refractivity contribution in [1.29, 1.82) is 0 Å². The zero-order valence-corrected chi connectivity index (χ0v) is 12.9. The number of nitrogens with zero attached hydrogens (tertiary/aromatic N) is 1. The van der Waals surface area contributed by atoms with Crippen LogP contribution in [0, 0.1) is 5.92 Å². The SMILES string of the molecule is C/C=C1/C(C(C)C)=CC=C(OC(C)COC)C1=NC. The van der Waals surface area contributed by atoms with E-state index in [1.807, 2.05) is 19.9 Å². The fourth-order valence-corrected chi connectivity index (χ4v) is 2.22. The predicted molar refractivity (Wildman–Crippen MR) is 80.5 cm³/mol. The van der Waals surface area contributed by atoms with E-state index in [9.17, 15) is 0 Å². The molecule has 0 saturated heterocycles. The highest BCUT2D eigenvalue weighted by molar-refractivity contribution is 6.15. The number of hydrogen-bond acceptors (Lipinski definition) is 3. The Morgan fingerprint density at radius 1 is 1.26 bits per heavy atom. The van der Waals surface area contributed by atoms with Crippen LogP contribution in [0.15, 0.2) is 40.1 Å². The molecule has 0 radical (unpaired) electrons. The van der Waals surface area contributed by atoms with Gasteiger partial charge in [0.15, 0.2) is 0 Å². The molecule has 1 unspecified atom stereocenters. The van der Waals surface area contributed by atoms with Gasteiger partial charge in [0.25, 0.3) is 0 Å². The Labute approximate surface area is 116 Å². The van der Waals surface area contributed by atoms with Gasteiger partial charge in [-0.2, -0.15) is 0 Å². The zero-order chi connectivity index (χ0) is 14.4. The maximum absolute atomic E-state index is 5.92. The Kier molecular flexibility index (Phi) is 6.03. The fourth-order valence-electron chi connectivity index (χ4n) is 2.22. The summed E-state index contributed by atoms with van der Waals surface area (Å²) in [5.41, 5.74) is 3.39. The van der Waals surface area contributed by atoms with Crippen molar-refractivity contribution in [3.05, 3.63) is 35.1 Å². The number of allylic oxidation sites excluding steroid dienone is 5. The maximum atomic E-state index is 5.92. The number of hydrogen-bond donors (Lipinski definition) is 0. The summed E-state index contributed by atoms with van der Waals surface area (Å²) < 4.78 is 11.0. The average molecular weight is 263 g/mol. The molecular weight excluding hydrogens is 238 g/mol. The van der Waals surface area contributed by atoms with Crippen molar-refractivity contribution in [3.63, 3.8) is 0 Å². The van der Waals surface area contributed by atoms with Crippen molar-refractivity contribution in [2.24, 2.45) is 10.9 Å². The van der Waals surface area contributed by atoms with E-state index >= 15 is 0 Å². The molecule has 3 heteroatoms. The molecule has 0 bridgehead atoms. The molecule has 1 rings (SSSR count). The molecule has 19 heavy (non-hydrogen) atoms. The van der Waals surface area contributed by atoms with Crippen LogP contribution in [0.25, 0.3) is 0 Å². The van der Waals surface area contributed by atoms with Gasteiger partial charge in [0.1, 0.15) is 17.6 Å². The Hall–Kier alpha value is -1.35. The van der Waals surface area contributed by atoms with Crippen LogP contribution in [0.1, 0.15) is 27.7 Å². The smallest absolute Gasteiger partial charge is 0.145 e. The molecule has 0 aromatic carbocycles. The third-order valence-corrected chi connectivity index (χ3v) is 3.08. The van der Waals surface area contributed by atoms with Gasteiger partial charge in [0.2, 0.25) is 0 Å². The van der Waals surface area contributed by atoms with Crippen molar-refractivity contribution in [1.82, 2.24) is 0 Å². The lowest BCUT2D eigenvalue weighted by Gasteiger charge is -2.25. The maximum Gasteiger partial charge on any atom is 0.145 e. The Bertz CT molecular complexity index is 428. The molecular formula is C16H25NO2. The number of rotatable bonds is 5. The van der Waals surface area contributed by atoms with E-state index in [2.05, 4.69) is 31.0 Å². The second-order valence-corrected chi connectivity index (χ2v) is 4.97. The highest BCUT2D eigenvalue weighted by atomic mass is 16.5. The number of methoxy groups -OCH3 is 1. The van der Waals surface area contributed by atoms with Gasteiger partial charge in [0, 0.05) is 19.7 Å². The molecule has 0 aliphatic heterocycles. The number of aliphatic imine (C=N–C) groups is 1. The second-order valence-electron chi connectivity index (χ2n) is 4.97. The molecule has 3 nitrogen and oxygen atoms in total. The summed E-state index contributed by atoms with van der Waals surface area (Å²) in [7, 11) is 3.48. The first-order chi connectivity index (χ1) is 9.04. The predicted octanol–water partition coefficient (Wildman–Crippen LogP) is 3.53. The van der Waals surface area contributed by atoms with Crippen LogP contribution in [0.2, 0.25) is 0 Å². The minimum atomic E-state index is 0.0140. The molecule has 0 aromatic rings. The lowest BCUT2D eigenvalue weighted by atomic mass is 9.87. The van der Waals surface area contributed by atoms with Gasteiger partial charge in [-0.05, 0) is 31.4 Å². The van der Waals surface area contributed by atoms with Gasteiger partial charge >= 0.3 is 0 Å². The molecule has 0 aromatic heterocycles. The molecule has 1 atom stereocenters. The van der Waals surface area contributed by atoms with E-state index in [-0.39, 0.29) is 6.10 Å². The highest BCUT2D eigenvalue weighted by Crippen LogP contribution is 2.29. The molecule has 1 aliphatic rings. The van der Waals surface area contributed by atoms with Crippen molar-refractivity contribution >= 4 is 5.71 Å². The van der Waals surface area contributed by atoms with Crippen LogP contribution in [-0.2, 0) is 9.47 Å². The minimum Gasteiger partial charge on any atom is -0.486 e. The van der Waals surface area contributed by atoms with Crippen LogP contribution >= 0.6 is 0 Å². The first-order valence-electron chi connectivity index (χ1n) is 6.76. The molecule has 0 amide bonds. The van der Waals surface area contributed by atoms with Gasteiger partial charge in [-0.3, -0.25) is 4.99 Å². The Morgan fingerprint density at radius 2 is 1.95 bits per heavy atom. The summed E-state index contributed by atoms with van der Waals surface area (Å²) >= 11 is 0. The van der Waals surface area contributed by atoms with Crippen molar-refractivity contribution in [2.75, 3.05) is 20.8 Å². The molecule has 0 N–H and O–H groups in total. The van der Waals surface area contributed by atoms with Crippen molar-refractivity contribution in [2.45, 2.75) is 33.8 Å². The second kappa shape index (κ2) is 7.29. The fraction of sp³-hybridized carbons (Fsp3) is 0.562. The summed E-state index contributed by atoms with van der Waals surface area (Å²) in [6.45, 7) is 8.98. The monoisotopic (exact) mass is 263 g/mol. The highest BCUT2D eigenvalue weighted by Gasteiger charge is 2.23. The molecule has 0 heterocycles. The van der Waals surface area contributed by atoms with Gasteiger partial charge in [-0.15, -0.1) is 0 Å². The van der Waals surface area contributed by atoms with E-state index in [0.29, 0.717) is 12.5 Å². The van der Waals surface area contributed by atoms with E-state index in [1.54, 1.807) is 14.2 Å². The van der Waals surface area contributed by atoms with E-state index in [1.165, 1.54) is 11.1 Å². The van der Waals surface area contributed by atoms with Gasteiger partial charge in [-0.1, -0.05) is 26.0 Å². The number of ether oxygens (including phenoxy) is 2. The van der Waals surface area contributed by atoms with Gasteiger partial charge < -0.3 is 9.47 Å². The largest absolute Gasteiger partial charge is 0.486 e. The summed E-state index contributed by atoms with van der Waals surface area (Å²) in [4.78, 5) is 4.40. The van der Waals surface area contributed by atoms with Crippen molar-refractivity contribution < 1.29 is 9.47 Å². The third-order valence-electron chi connectivity index (χ3n) is 3.08. The quantitative estimate of drug-likeness (QED) is 0.759. The Balaban J connectivity index is 3.05. The summed E-state index contributed by atoms with van der Waals surface area (Å²) in [6.07, 6.45) is 6.26. The van der Waals surface area contributed by atoms with E-state index in [0.717, 1.165) is 11.5 Å². The van der Waals surface area contributed by atoms with Crippen LogP contribution < -0.4 is 0 Å². The molecule has 106 valence electrons. The Morgan fingerprint density at radius 3 is 2.42 bits per heavy atom. The molecule has 0 saturated carbocycles. The lowest BCUT2D eigenvalue weighted by molar-refractivity contribution is 0.0558. The van der Waals surface area contributed by atoms with Crippen LogP contribution in [0.5, 0.6) is 0 Å². The molecule has 0 fully saturated rings. The molecule has 1 aliphatic carbocycles. The van der Waals surface area contributed by atoms with Crippen molar-refractivity contribution in [3.8, 4) is 0 Å². The first kappa shape index (κ1) is 15.7. The van der Waals surface area contributed by atoms with Crippen LogP contribution in [0.4, 0.5) is 0 Å². The normalized spacial score (nSPS) is 21.6.